The highest BCUT2D eigenvalue weighted by Crippen LogP contribution is 2.36. The van der Waals surface area contributed by atoms with Gasteiger partial charge in [0.1, 0.15) is 5.03 Å². The monoisotopic (exact) mass is 287 g/mol. The first-order valence-corrected chi connectivity index (χ1v) is 6.80. The van der Waals surface area contributed by atoms with Crippen LogP contribution in [0.1, 0.15) is 18.9 Å². The lowest BCUT2D eigenvalue weighted by atomic mass is 10.2. The van der Waals surface area contributed by atoms with Crippen LogP contribution in [0.5, 0.6) is 0 Å². The van der Waals surface area contributed by atoms with Crippen LogP contribution in [-0.2, 0) is 4.74 Å². The summed E-state index contributed by atoms with van der Waals surface area (Å²) in [7, 11) is 0. The molecule has 0 amide bonds. The molecule has 98 valence electrons. The van der Waals surface area contributed by atoms with E-state index in [-0.39, 0.29) is 11.9 Å². The van der Waals surface area contributed by atoms with E-state index in [1.807, 2.05) is 6.92 Å². The molecule has 2 heterocycles. The molecule has 7 heteroatoms. The van der Waals surface area contributed by atoms with Crippen molar-refractivity contribution in [3.8, 4) is 0 Å². The van der Waals surface area contributed by atoms with Crippen LogP contribution in [0.4, 0.5) is 0 Å². The first-order chi connectivity index (χ1) is 8.63. The number of nitrogens with zero attached hydrogens (tertiary/aromatic N) is 2. The lowest BCUT2D eigenvalue weighted by Crippen LogP contribution is -2.16. The summed E-state index contributed by atoms with van der Waals surface area (Å²) < 4.78 is 5.50. The number of nitrogens with two attached hydrogens (primary N) is 1. The minimum atomic E-state index is -0.0139. The van der Waals surface area contributed by atoms with Gasteiger partial charge in [0, 0.05) is 23.6 Å². The highest BCUT2D eigenvalue weighted by atomic mass is 35.5. The Kier molecular flexibility index (Phi) is 4.31. The minimum absolute atomic E-state index is 0.0139. The maximum atomic E-state index is 8.69. The molecule has 1 aliphatic rings. The van der Waals surface area contributed by atoms with E-state index < -0.39 is 0 Å². The SMILES string of the molecule is CC1OCCC1Sc1nccc(/C(N)=N/O)c1Cl. The van der Waals surface area contributed by atoms with Crippen molar-refractivity contribution >= 4 is 29.2 Å². The third-order valence-corrected chi connectivity index (χ3v) is 4.76. The number of thioether (sulfide) groups is 1. The van der Waals surface area contributed by atoms with Crippen molar-refractivity contribution in [1.82, 2.24) is 4.98 Å². The quantitative estimate of drug-likeness (QED) is 0.385. The summed E-state index contributed by atoms with van der Waals surface area (Å²) in [6.45, 7) is 2.79. The molecule has 0 aliphatic carbocycles. The van der Waals surface area contributed by atoms with Gasteiger partial charge in [0.25, 0.3) is 0 Å². The van der Waals surface area contributed by atoms with Crippen LogP contribution < -0.4 is 5.73 Å². The van der Waals surface area contributed by atoms with E-state index >= 15 is 0 Å². The molecule has 5 nitrogen and oxygen atoms in total. The van der Waals surface area contributed by atoms with Gasteiger partial charge in [-0.15, -0.1) is 0 Å². The predicted octanol–water partition coefficient (Wildman–Crippen LogP) is 2.10. The second kappa shape index (κ2) is 5.77. The molecule has 2 unspecified atom stereocenters. The zero-order valence-corrected chi connectivity index (χ0v) is 11.4. The van der Waals surface area contributed by atoms with E-state index in [2.05, 4.69) is 10.1 Å². The first kappa shape index (κ1) is 13.5. The van der Waals surface area contributed by atoms with Gasteiger partial charge in [0.05, 0.1) is 11.1 Å². The standard InChI is InChI=1S/C11H14ClN3O2S/c1-6-8(3-5-17-6)18-11-9(12)7(2-4-14-11)10(13)15-16/h2,4,6,8,16H,3,5H2,1H3,(H2,13,15). The maximum Gasteiger partial charge on any atom is 0.171 e. The third-order valence-electron chi connectivity index (χ3n) is 2.81. The Morgan fingerprint density at radius 1 is 1.72 bits per heavy atom. The van der Waals surface area contributed by atoms with Gasteiger partial charge in [0.2, 0.25) is 0 Å². The van der Waals surface area contributed by atoms with Gasteiger partial charge in [-0.3, -0.25) is 0 Å². The molecule has 0 radical (unpaired) electrons. The number of hydrogen-bond donors (Lipinski definition) is 2. The van der Waals surface area contributed by atoms with Gasteiger partial charge in [-0.1, -0.05) is 28.5 Å². The summed E-state index contributed by atoms with van der Waals surface area (Å²) >= 11 is 7.78. The predicted molar refractivity (Wildman–Crippen MR) is 71.4 cm³/mol. The van der Waals surface area contributed by atoms with Crippen LogP contribution in [0.3, 0.4) is 0 Å². The molecule has 2 rings (SSSR count). The van der Waals surface area contributed by atoms with Gasteiger partial charge < -0.3 is 15.7 Å². The molecule has 3 N–H and O–H groups in total. The Hall–Kier alpha value is -0.980. The van der Waals surface area contributed by atoms with E-state index in [1.54, 1.807) is 24.0 Å². The van der Waals surface area contributed by atoms with Crippen molar-refractivity contribution in [2.75, 3.05) is 6.61 Å². The second-order valence-corrected chi connectivity index (χ2v) is 5.59. The first-order valence-electron chi connectivity index (χ1n) is 5.54. The van der Waals surface area contributed by atoms with Crippen molar-refractivity contribution in [3.05, 3.63) is 22.8 Å². The zero-order chi connectivity index (χ0) is 13.1. The molecule has 1 fully saturated rings. The highest BCUT2D eigenvalue weighted by molar-refractivity contribution is 8.00. The minimum Gasteiger partial charge on any atom is -0.409 e. The van der Waals surface area contributed by atoms with Crippen molar-refractivity contribution in [2.24, 2.45) is 10.9 Å². The number of oxime groups is 1. The number of pyridine rings is 1. The molecule has 0 spiro atoms. The molecule has 2 atom stereocenters. The van der Waals surface area contributed by atoms with Crippen LogP contribution in [0.2, 0.25) is 5.02 Å². The van der Waals surface area contributed by atoms with Crippen LogP contribution in [0.25, 0.3) is 0 Å². The van der Waals surface area contributed by atoms with E-state index in [1.165, 1.54) is 0 Å². The van der Waals surface area contributed by atoms with Gasteiger partial charge in [-0.25, -0.2) is 4.98 Å². The Bertz CT molecular complexity index is 470. The fourth-order valence-electron chi connectivity index (χ4n) is 1.77. The molecule has 1 aliphatic heterocycles. The van der Waals surface area contributed by atoms with Crippen LogP contribution in [0, 0.1) is 0 Å². The van der Waals surface area contributed by atoms with Gasteiger partial charge in [0.15, 0.2) is 5.84 Å². The summed E-state index contributed by atoms with van der Waals surface area (Å²) in [5, 5.41) is 13.1. The third kappa shape index (κ3) is 2.71. The summed E-state index contributed by atoms with van der Waals surface area (Å²) in [6.07, 6.45) is 2.75. The summed E-state index contributed by atoms with van der Waals surface area (Å²) in [4.78, 5) is 4.24. The molecule has 1 aromatic rings. The van der Waals surface area contributed by atoms with Gasteiger partial charge in [-0.05, 0) is 19.4 Å². The largest absolute Gasteiger partial charge is 0.409 e. The molecular weight excluding hydrogens is 274 g/mol. The highest BCUT2D eigenvalue weighted by Gasteiger charge is 2.27. The van der Waals surface area contributed by atoms with E-state index in [0.29, 0.717) is 20.9 Å². The van der Waals surface area contributed by atoms with Crippen molar-refractivity contribution < 1.29 is 9.94 Å². The number of halogens is 1. The Balaban J connectivity index is 2.23. The van der Waals surface area contributed by atoms with Crippen molar-refractivity contribution in [3.63, 3.8) is 0 Å². The fraction of sp³-hybridized carbons (Fsp3) is 0.455. The zero-order valence-electron chi connectivity index (χ0n) is 9.84. The lowest BCUT2D eigenvalue weighted by Gasteiger charge is -2.14. The number of hydrogen-bond acceptors (Lipinski definition) is 5. The normalized spacial score (nSPS) is 24.4. The number of rotatable bonds is 3. The topological polar surface area (TPSA) is 80.7 Å². The average Bonchev–Trinajstić information content (AvgIpc) is 2.77. The Labute approximate surface area is 114 Å². The fourth-order valence-corrected chi connectivity index (χ4v) is 3.22. The molecule has 1 saturated heterocycles. The Morgan fingerprint density at radius 2 is 2.50 bits per heavy atom. The summed E-state index contributed by atoms with van der Waals surface area (Å²) in [6, 6.07) is 1.62. The molecule has 18 heavy (non-hydrogen) atoms. The van der Waals surface area contributed by atoms with Crippen molar-refractivity contribution in [1.29, 1.82) is 0 Å². The second-order valence-electron chi connectivity index (χ2n) is 3.98. The van der Waals surface area contributed by atoms with E-state index in [4.69, 9.17) is 27.3 Å². The summed E-state index contributed by atoms with van der Waals surface area (Å²) in [5.41, 5.74) is 6.04. The van der Waals surface area contributed by atoms with Crippen LogP contribution in [0.15, 0.2) is 22.4 Å². The molecule has 0 aromatic carbocycles. The molecule has 0 saturated carbocycles. The number of aromatic nitrogens is 1. The van der Waals surface area contributed by atoms with Gasteiger partial charge in [-0.2, -0.15) is 0 Å². The summed E-state index contributed by atoms with van der Waals surface area (Å²) in [5.74, 6) is -0.0139. The van der Waals surface area contributed by atoms with E-state index in [9.17, 15) is 0 Å². The Morgan fingerprint density at radius 3 is 3.11 bits per heavy atom. The van der Waals surface area contributed by atoms with Crippen LogP contribution in [-0.4, -0.2) is 34.0 Å². The lowest BCUT2D eigenvalue weighted by molar-refractivity contribution is 0.127. The molecule has 1 aromatic heterocycles. The molecule has 0 bridgehead atoms. The maximum absolute atomic E-state index is 8.69. The number of ether oxygens (including phenoxy) is 1. The smallest absolute Gasteiger partial charge is 0.171 e. The van der Waals surface area contributed by atoms with Crippen LogP contribution >= 0.6 is 23.4 Å². The van der Waals surface area contributed by atoms with Gasteiger partial charge >= 0.3 is 0 Å². The number of amidine groups is 1. The van der Waals surface area contributed by atoms with Crippen molar-refractivity contribution in [2.45, 2.75) is 29.7 Å². The van der Waals surface area contributed by atoms with E-state index in [0.717, 1.165) is 13.0 Å². The molecular formula is C11H14ClN3O2S. The average molecular weight is 288 g/mol.